The Morgan fingerprint density at radius 2 is 2.27 bits per heavy atom. The van der Waals surface area contributed by atoms with E-state index in [1.807, 2.05) is 18.9 Å². The first kappa shape index (κ1) is 8.49. The van der Waals surface area contributed by atoms with Crippen molar-refractivity contribution >= 4 is 5.97 Å². The van der Waals surface area contributed by atoms with Crippen molar-refractivity contribution in [1.29, 1.82) is 0 Å². The van der Waals surface area contributed by atoms with E-state index in [9.17, 15) is 4.79 Å². The molecule has 1 rings (SSSR count). The number of nitrogens with zero attached hydrogens (tertiary/aromatic N) is 1. The molecule has 0 radical (unpaired) electrons. The highest BCUT2D eigenvalue weighted by molar-refractivity contribution is 5.72. The average Bonchev–Trinajstić information content (AvgIpc) is 1.85. The van der Waals surface area contributed by atoms with Crippen LogP contribution in [0.3, 0.4) is 0 Å². The highest BCUT2D eigenvalue weighted by atomic mass is 16.5. The highest BCUT2D eigenvalue weighted by Gasteiger charge is 2.27. The van der Waals surface area contributed by atoms with Gasteiger partial charge in [0.25, 0.3) is 0 Å². The van der Waals surface area contributed by atoms with Crippen LogP contribution in [0, 0.1) is 0 Å². The van der Waals surface area contributed by atoms with Gasteiger partial charge in [0.05, 0.1) is 6.10 Å². The van der Waals surface area contributed by atoms with Crippen molar-refractivity contribution in [2.45, 2.75) is 19.1 Å². The molecule has 0 spiro atoms. The van der Waals surface area contributed by atoms with Gasteiger partial charge in [-0.05, 0) is 14.0 Å². The van der Waals surface area contributed by atoms with Gasteiger partial charge < -0.3 is 14.7 Å². The molecule has 0 amide bonds. The van der Waals surface area contributed by atoms with Gasteiger partial charge in [-0.15, -0.1) is 0 Å². The minimum Gasteiger partial charge on any atom is -0.479 e. The zero-order chi connectivity index (χ0) is 8.43. The number of carboxylic acids is 1. The maximum atomic E-state index is 10.5. The van der Waals surface area contributed by atoms with Crippen LogP contribution in [0.4, 0.5) is 0 Å². The number of aliphatic carboxylic acids is 1. The van der Waals surface area contributed by atoms with Crippen LogP contribution in [-0.2, 0) is 9.53 Å². The lowest BCUT2D eigenvalue weighted by atomic mass is 10.2. The fourth-order valence-electron chi connectivity index (χ4n) is 1.30. The number of rotatable bonds is 1. The lowest BCUT2D eigenvalue weighted by molar-refractivity contribution is -0.161. The number of carbonyl (C=O) groups is 1. The fourth-order valence-corrected chi connectivity index (χ4v) is 1.30. The van der Waals surface area contributed by atoms with E-state index in [1.54, 1.807) is 0 Å². The first-order valence-electron chi connectivity index (χ1n) is 3.66. The molecule has 1 saturated heterocycles. The Labute approximate surface area is 65.8 Å². The van der Waals surface area contributed by atoms with Crippen LogP contribution in [0.15, 0.2) is 0 Å². The summed E-state index contributed by atoms with van der Waals surface area (Å²) < 4.78 is 5.18. The van der Waals surface area contributed by atoms with Crippen molar-refractivity contribution < 1.29 is 14.6 Å². The van der Waals surface area contributed by atoms with E-state index < -0.39 is 12.1 Å². The lowest BCUT2D eigenvalue weighted by Gasteiger charge is -2.32. The van der Waals surface area contributed by atoms with Crippen LogP contribution >= 0.6 is 0 Å². The molecule has 64 valence electrons. The molecule has 0 bridgehead atoms. The third-order valence-electron chi connectivity index (χ3n) is 1.72. The summed E-state index contributed by atoms with van der Waals surface area (Å²) in [5.41, 5.74) is 0. The van der Waals surface area contributed by atoms with E-state index >= 15 is 0 Å². The predicted molar refractivity (Wildman–Crippen MR) is 39.5 cm³/mol. The van der Waals surface area contributed by atoms with Crippen molar-refractivity contribution in [2.24, 2.45) is 0 Å². The van der Waals surface area contributed by atoms with E-state index in [4.69, 9.17) is 9.84 Å². The van der Waals surface area contributed by atoms with Crippen molar-refractivity contribution in [3.8, 4) is 0 Å². The zero-order valence-electron chi connectivity index (χ0n) is 6.78. The number of morpholine rings is 1. The topological polar surface area (TPSA) is 49.8 Å². The van der Waals surface area contributed by atoms with Gasteiger partial charge in [0.15, 0.2) is 6.10 Å². The summed E-state index contributed by atoms with van der Waals surface area (Å²) in [5, 5.41) is 8.62. The molecule has 0 aliphatic carbocycles. The maximum absolute atomic E-state index is 10.5. The van der Waals surface area contributed by atoms with E-state index in [0.29, 0.717) is 6.54 Å². The normalized spacial score (nSPS) is 33.6. The largest absolute Gasteiger partial charge is 0.479 e. The summed E-state index contributed by atoms with van der Waals surface area (Å²) >= 11 is 0. The third kappa shape index (κ3) is 2.17. The van der Waals surface area contributed by atoms with Crippen molar-refractivity contribution in [1.82, 2.24) is 4.90 Å². The Morgan fingerprint density at radius 3 is 2.73 bits per heavy atom. The highest BCUT2D eigenvalue weighted by Crippen LogP contribution is 2.08. The number of carboxylic acid groups (broad SMARTS) is 1. The Bertz CT molecular complexity index is 150. The summed E-state index contributed by atoms with van der Waals surface area (Å²) in [5.74, 6) is -0.872. The first-order chi connectivity index (χ1) is 5.09. The maximum Gasteiger partial charge on any atom is 0.334 e. The summed E-state index contributed by atoms with van der Waals surface area (Å²) in [6, 6.07) is 0. The second-order valence-corrected chi connectivity index (χ2v) is 2.99. The SMILES string of the molecule is C[C@H]1CN(C)C[C@@H](C(=O)O)O1. The van der Waals surface area contributed by atoms with Crippen LogP contribution in [0.25, 0.3) is 0 Å². The van der Waals surface area contributed by atoms with Gasteiger partial charge in [-0.2, -0.15) is 0 Å². The van der Waals surface area contributed by atoms with Gasteiger partial charge in [0.1, 0.15) is 0 Å². The van der Waals surface area contributed by atoms with Crippen LogP contribution in [0.5, 0.6) is 0 Å². The molecule has 4 nitrogen and oxygen atoms in total. The van der Waals surface area contributed by atoms with Crippen molar-refractivity contribution in [3.63, 3.8) is 0 Å². The second-order valence-electron chi connectivity index (χ2n) is 2.99. The number of hydrogen-bond donors (Lipinski definition) is 1. The zero-order valence-corrected chi connectivity index (χ0v) is 6.78. The minimum absolute atomic E-state index is 0.0230. The van der Waals surface area contributed by atoms with Crippen molar-refractivity contribution in [3.05, 3.63) is 0 Å². The van der Waals surface area contributed by atoms with Gasteiger partial charge in [-0.3, -0.25) is 0 Å². The second kappa shape index (κ2) is 3.19. The number of ether oxygens (including phenoxy) is 1. The molecule has 0 aromatic heterocycles. The number of likely N-dealkylation sites (N-methyl/N-ethyl adjacent to an activating group) is 1. The molecule has 0 aromatic rings. The van der Waals surface area contributed by atoms with Gasteiger partial charge in [-0.25, -0.2) is 4.79 Å². The summed E-state index contributed by atoms with van der Waals surface area (Å²) in [4.78, 5) is 12.5. The molecule has 0 unspecified atom stereocenters. The quantitative estimate of drug-likeness (QED) is 0.575. The molecule has 1 aliphatic heterocycles. The van der Waals surface area contributed by atoms with E-state index in [0.717, 1.165) is 6.54 Å². The molecule has 0 aromatic carbocycles. The van der Waals surface area contributed by atoms with E-state index in [-0.39, 0.29) is 6.10 Å². The standard InChI is InChI=1S/C7H13NO3/c1-5-3-8(2)4-6(11-5)7(9)10/h5-6H,3-4H2,1-2H3,(H,9,10)/t5-,6-/m0/s1. The molecule has 1 fully saturated rings. The van der Waals surface area contributed by atoms with Gasteiger partial charge in [0, 0.05) is 13.1 Å². The first-order valence-corrected chi connectivity index (χ1v) is 3.66. The van der Waals surface area contributed by atoms with Crippen molar-refractivity contribution in [2.75, 3.05) is 20.1 Å². The number of hydrogen-bond acceptors (Lipinski definition) is 3. The van der Waals surface area contributed by atoms with Crippen LogP contribution < -0.4 is 0 Å². The van der Waals surface area contributed by atoms with Crippen LogP contribution in [-0.4, -0.2) is 48.3 Å². The Hall–Kier alpha value is -0.610. The molecular weight excluding hydrogens is 146 g/mol. The lowest BCUT2D eigenvalue weighted by Crippen LogP contribution is -2.47. The molecule has 4 heteroatoms. The summed E-state index contributed by atoms with van der Waals surface area (Å²) in [6.07, 6.45) is -0.626. The summed E-state index contributed by atoms with van der Waals surface area (Å²) in [6.45, 7) is 3.18. The Morgan fingerprint density at radius 1 is 1.64 bits per heavy atom. The van der Waals surface area contributed by atoms with Gasteiger partial charge in [0.2, 0.25) is 0 Å². The monoisotopic (exact) mass is 159 g/mol. The van der Waals surface area contributed by atoms with Crippen LogP contribution in [0.1, 0.15) is 6.92 Å². The molecule has 1 N–H and O–H groups in total. The predicted octanol–water partition coefficient (Wildman–Crippen LogP) is -0.210. The molecule has 11 heavy (non-hydrogen) atoms. The molecule has 0 saturated carbocycles. The van der Waals surface area contributed by atoms with E-state index in [1.165, 1.54) is 0 Å². The molecule has 2 atom stereocenters. The molecular formula is C7H13NO3. The average molecular weight is 159 g/mol. The molecule has 1 aliphatic rings. The van der Waals surface area contributed by atoms with Gasteiger partial charge in [-0.1, -0.05) is 0 Å². The Kier molecular flexibility index (Phi) is 2.46. The third-order valence-corrected chi connectivity index (χ3v) is 1.72. The summed E-state index contributed by atoms with van der Waals surface area (Å²) in [7, 11) is 1.90. The van der Waals surface area contributed by atoms with E-state index in [2.05, 4.69) is 0 Å². The molecule has 1 heterocycles. The smallest absolute Gasteiger partial charge is 0.334 e. The minimum atomic E-state index is -0.872. The fraction of sp³-hybridized carbons (Fsp3) is 0.857. The Balaban J connectivity index is 2.49. The van der Waals surface area contributed by atoms with Crippen LogP contribution in [0.2, 0.25) is 0 Å². The van der Waals surface area contributed by atoms with Gasteiger partial charge >= 0.3 is 5.97 Å².